The molecule has 6 nitrogen and oxygen atoms in total. The van der Waals surface area contributed by atoms with Crippen LogP contribution in [0, 0.1) is 5.92 Å². The van der Waals surface area contributed by atoms with Crippen molar-refractivity contribution in [3.8, 4) is 0 Å². The standard InChI is InChI=1S/C19H26N2O4S/c1-3-4-5-14-6-10-16(11-7-14)26(24,25)20-18(23)19(2)12-13-21(19)17(22)15-8-9-15/h6-7,10-11,15H,3-5,8-9,12-13H2,1-2H3,(H,20,23). The molecule has 1 N–H and O–H groups in total. The predicted molar refractivity (Wildman–Crippen MR) is 97.8 cm³/mol. The van der Waals surface area contributed by atoms with Gasteiger partial charge in [0.05, 0.1) is 4.90 Å². The largest absolute Gasteiger partial charge is 0.328 e. The van der Waals surface area contributed by atoms with Crippen molar-refractivity contribution in [2.45, 2.75) is 62.8 Å². The maximum absolute atomic E-state index is 12.6. The van der Waals surface area contributed by atoms with Gasteiger partial charge in [0, 0.05) is 12.5 Å². The van der Waals surface area contributed by atoms with E-state index < -0.39 is 21.5 Å². The second kappa shape index (κ2) is 7.02. The average Bonchev–Trinajstić information content (AvgIpc) is 3.43. The van der Waals surface area contributed by atoms with Crippen LogP contribution < -0.4 is 4.72 Å². The van der Waals surface area contributed by atoms with E-state index in [0.29, 0.717) is 13.0 Å². The fourth-order valence-corrected chi connectivity index (χ4v) is 4.28. The van der Waals surface area contributed by atoms with Gasteiger partial charge in [-0.25, -0.2) is 13.1 Å². The van der Waals surface area contributed by atoms with Crippen LogP contribution in [0.5, 0.6) is 0 Å². The van der Waals surface area contributed by atoms with Crippen LogP contribution >= 0.6 is 0 Å². The molecule has 26 heavy (non-hydrogen) atoms. The van der Waals surface area contributed by atoms with Crippen molar-refractivity contribution in [3.63, 3.8) is 0 Å². The highest BCUT2D eigenvalue weighted by atomic mass is 32.2. The van der Waals surface area contributed by atoms with E-state index in [4.69, 9.17) is 0 Å². The molecule has 0 bridgehead atoms. The number of amides is 2. The molecule has 3 rings (SSSR count). The highest BCUT2D eigenvalue weighted by molar-refractivity contribution is 7.90. The summed E-state index contributed by atoms with van der Waals surface area (Å²) >= 11 is 0. The first-order chi connectivity index (χ1) is 12.3. The number of benzene rings is 1. The summed E-state index contributed by atoms with van der Waals surface area (Å²) in [6.45, 7) is 4.24. The molecule has 1 aromatic carbocycles. The second-order valence-corrected chi connectivity index (χ2v) is 9.15. The minimum Gasteiger partial charge on any atom is -0.328 e. The highest BCUT2D eigenvalue weighted by Crippen LogP contribution is 2.38. The smallest absolute Gasteiger partial charge is 0.264 e. The van der Waals surface area contributed by atoms with Crippen LogP contribution in [0.1, 0.15) is 51.5 Å². The van der Waals surface area contributed by atoms with Crippen LogP contribution in [0.25, 0.3) is 0 Å². The summed E-state index contributed by atoms with van der Waals surface area (Å²) in [5, 5.41) is 0. The molecular weight excluding hydrogens is 352 g/mol. The van der Waals surface area contributed by atoms with Crippen LogP contribution in [0.4, 0.5) is 0 Å². The van der Waals surface area contributed by atoms with E-state index >= 15 is 0 Å². The number of nitrogens with zero attached hydrogens (tertiary/aromatic N) is 1. The number of aryl methyl sites for hydroxylation is 1. The minimum atomic E-state index is -3.95. The third-order valence-corrected chi connectivity index (χ3v) is 6.73. The molecule has 142 valence electrons. The monoisotopic (exact) mass is 378 g/mol. The molecule has 0 spiro atoms. The van der Waals surface area contributed by atoms with Crippen LogP contribution in [-0.2, 0) is 26.0 Å². The molecule has 1 unspecified atom stereocenters. The maximum atomic E-state index is 12.6. The van der Waals surface area contributed by atoms with E-state index in [0.717, 1.165) is 37.7 Å². The molecule has 0 radical (unpaired) electrons. The van der Waals surface area contributed by atoms with Crippen molar-refractivity contribution in [1.82, 2.24) is 9.62 Å². The Kier molecular flexibility index (Phi) is 5.10. The van der Waals surface area contributed by atoms with Crippen molar-refractivity contribution < 1.29 is 18.0 Å². The normalized spacial score (nSPS) is 22.6. The number of likely N-dealkylation sites (tertiary alicyclic amines) is 1. The summed E-state index contributed by atoms with van der Waals surface area (Å²) in [5.74, 6) is -0.658. The van der Waals surface area contributed by atoms with Gasteiger partial charge in [0.2, 0.25) is 5.91 Å². The van der Waals surface area contributed by atoms with Crippen molar-refractivity contribution >= 4 is 21.8 Å². The number of nitrogens with one attached hydrogen (secondary N) is 1. The van der Waals surface area contributed by atoms with Crippen molar-refractivity contribution in [1.29, 1.82) is 0 Å². The molecule has 2 fully saturated rings. The van der Waals surface area contributed by atoms with Gasteiger partial charge in [0.1, 0.15) is 5.54 Å². The Hall–Kier alpha value is -1.89. The van der Waals surface area contributed by atoms with Crippen molar-refractivity contribution in [3.05, 3.63) is 29.8 Å². The molecule has 0 aromatic heterocycles. The number of rotatable bonds is 7. The Labute approximate surface area is 155 Å². The molecule has 7 heteroatoms. The molecular formula is C19H26N2O4S. The van der Waals surface area contributed by atoms with E-state index in [1.807, 2.05) is 0 Å². The Bertz CT molecular complexity index is 799. The summed E-state index contributed by atoms with van der Waals surface area (Å²) < 4.78 is 27.2. The minimum absolute atomic E-state index is 0.00898. The van der Waals surface area contributed by atoms with E-state index in [-0.39, 0.29) is 16.7 Å². The summed E-state index contributed by atoms with van der Waals surface area (Å²) in [7, 11) is -3.95. The molecule has 1 saturated carbocycles. The van der Waals surface area contributed by atoms with Gasteiger partial charge >= 0.3 is 0 Å². The van der Waals surface area contributed by atoms with Gasteiger partial charge < -0.3 is 4.90 Å². The van der Waals surface area contributed by atoms with Gasteiger partial charge in [-0.05, 0) is 56.7 Å². The van der Waals surface area contributed by atoms with Crippen LogP contribution in [0.15, 0.2) is 29.2 Å². The third-order valence-electron chi connectivity index (χ3n) is 5.38. The van der Waals surface area contributed by atoms with Gasteiger partial charge in [-0.15, -0.1) is 0 Å². The number of carbonyl (C=O) groups is 2. The van der Waals surface area contributed by atoms with Gasteiger partial charge in [-0.2, -0.15) is 0 Å². The van der Waals surface area contributed by atoms with Gasteiger partial charge in [0.15, 0.2) is 0 Å². The highest BCUT2D eigenvalue weighted by Gasteiger charge is 2.52. The molecule has 1 aliphatic carbocycles. The number of carbonyl (C=O) groups excluding carboxylic acids is 2. The second-order valence-electron chi connectivity index (χ2n) is 7.47. The Morgan fingerprint density at radius 3 is 2.38 bits per heavy atom. The van der Waals surface area contributed by atoms with Crippen LogP contribution in [0.2, 0.25) is 0 Å². The summed E-state index contributed by atoms with van der Waals surface area (Å²) in [6, 6.07) is 6.61. The molecule has 1 heterocycles. The zero-order valence-corrected chi connectivity index (χ0v) is 16.1. The van der Waals surface area contributed by atoms with Gasteiger partial charge in [-0.1, -0.05) is 25.5 Å². The first-order valence-electron chi connectivity index (χ1n) is 9.25. The van der Waals surface area contributed by atoms with E-state index in [1.165, 1.54) is 17.0 Å². The third kappa shape index (κ3) is 3.63. The number of sulfonamides is 1. The van der Waals surface area contributed by atoms with Crippen LogP contribution in [-0.4, -0.2) is 37.2 Å². The lowest BCUT2D eigenvalue weighted by molar-refractivity contribution is -0.157. The lowest BCUT2D eigenvalue weighted by Gasteiger charge is -2.49. The van der Waals surface area contributed by atoms with Gasteiger partial charge in [0.25, 0.3) is 15.9 Å². The van der Waals surface area contributed by atoms with Gasteiger partial charge in [-0.3, -0.25) is 9.59 Å². The Balaban J connectivity index is 1.68. The zero-order chi connectivity index (χ0) is 18.9. The van der Waals surface area contributed by atoms with Crippen LogP contribution in [0.3, 0.4) is 0 Å². The van der Waals surface area contributed by atoms with E-state index in [2.05, 4.69) is 11.6 Å². The van der Waals surface area contributed by atoms with Crippen molar-refractivity contribution in [2.24, 2.45) is 5.92 Å². The fourth-order valence-electron chi connectivity index (χ4n) is 3.21. The topological polar surface area (TPSA) is 83.6 Å². The molecule has 2 aliphatic rings. The summed E-state index contributed by atoms with van der Waals surface area (Å²) in [4.78, 5) is 26.5. The number of unbranched alkanes of at least 4 members (excludes halogenated alkanes) is 1. The lowest BCUT2D eigenvalue weighted by atomic mass is 9.85. The summed E-state index contributed by atoms with van der Waals surface area (Å²) in [6.07, 6.45) is 5.21. The first-order valence-corrected chi connectivity index (χ1v) is 10.7. The first kappa shape index (κ1) is 18.9. The Morgan fingerprint density at radius 2 is 1.88 bits per heavy atom. The maximum Gasteiger partial charge on any atom is 0.264 e. The SMILES string of the molecule is CCCCc1ccc(S(=O)(=O)NC(=O)C2(C)CCN2C(=O)C2CC2)cc1. The van der Waals surface area contributed by atoms with E-state index in [9.17, 15) is 18.0 Å². The molecule has 1 atom stereocenters. The molecule has 1 aliphatic heterocycles. The van der Waals surface area contributed by atoms with E-state index in [1.54, 1.807) is 19.1 Å². The molecule has 1 aromatic rings. The molecule has 1 saturated heterocycles. The van der Waals surface area contributed by atoms with Crippen molar-refractivity contribution in [2.75, 3.05) is 6.54 Å². The number of hydrogen-bond donors (Lipinski definition) is 1. The fraction of sp³-hybridized carbons (Fsp3) is 0.579. The number of hydrogen-bond acceptors (Lipinski definition) is 4. The Morgan fingerprint density at radius 1 is 1.23 bits per heavy atom. The zero-order valence-electron chi connectivity index (χ0n) is 15.3. The lowest BCUT2D eigenvalue weighted by Crippen LogP contribution is -2.68. The quantitative estimate of drug-likeness (QED) is 0.789. The summed E-state index contributed by atoms with van der Waals surface area (Å²) in [5.41, 5.74) is -0.00217. The molecule has 2 amide bonds. The average molecular weight is 378 g/mol. The predicted octanol–water partition coefficient (Wildman–Crippen LogP) is 2.24.